The van der Waals surface area contributed by atoms with E-state index in [2.05, 4.69) is 10.0 Å². The van der Waals surface area contributed by atoms with E-state index in [1.54, 1.807) is 47.2 Å². The van der Waals surface area contributed by atoms with Crippen molar-refractivity contribution in [2.24, 2.45) is 0 Å². The van der Waals surface area contributed by atoms with E-state index in [1.807, 2.05) is 38.1 Å². The number of anilines is 1. The number of amides is 3. The summed E-state index contributed by atoms with van der Waals surface area (Å²) < 4.78 is 29.6. The highest BCUT2D eigenvalue weighted by molar-refractivity contribution is 7.89. The van der Waals surface area contributed by atoms with Gasteiger partial charge >= 0.3 is 6.03 Å². The Labute approximate surface area is 212 Å². The molecule has 3 aromatic carbocycles. The van der Waals surface area contributed by atoms with E-state index in [4.69, 9.17) is 0 Å². The molecule has 0 atom stereocenters. The molecule has 36 heavy (non-hydrogen) atoms. The maximum atomic E-state index is 13.4. The molecule has 1 fully saturated rings. The van der Waals surface area contributed by atoms with E-state index in [0.29, 0.717) is 54.5 Å². The summed E-state index contributed by atoms with van der Waals surface area (Å²) in [6, 6.07) is 17.3. The second kappa shape index (κ2) is 10.7. The van der Waals surface area contributed by atoms with Gasteiger partial charge in [-0.1, -0.05) is 42.5 Å². The van der Waals surface area contributed by atoms with E-state index in [0.717, 1.165) is 5.56 Å². The zero-order valence-electron chi connectivity index (χ0n) is 20.8. The minimum absolute atomic E-state index is 0.0376. The number of carbonyl (C=O) groups excluding carboxylic acids is 2. The number of nitrogens with zero attached hydrogens (tertiary/aromatic N) is 2. The largest absolute Gasteiger partial charge is 0.328 e. The zero-order chi connectivity index (χ0) is 25.9. The van der Waals surface area contributed by atoms with Crippen LogP contribution >= 0.6 is 0 Å². The van der Waals surface area contributed by atoms with E-state index < -0.39 is 10.0 Å². The second-order valence-electron chi connectivity index (χ2n) is 9.11. The second-order valence-corrected chi connectivity index (χ2v) is 10.8. The lowest BCUT2D eigenvalue weighted by molar-refractivity contribution is 0.102. The molecule has 1 aliphatic heterocycles. The summed E-state index contributed by atoms with van der Waals surface area (Å²) in [6.07, 6.45) is 1.08. The zero-order valence-corrected chi connectivity index (χ0v) is 21.6. The van der Waals surface area contributed by atoms with Gasteiger partial charge in [-0.2, -0.15) is 0 Å². The number of nitrogens with one attached hydrogen (secondary N) is 2. The van der Waals surface area contributed by atoms with Gasteiger partial charge in [-0.15, -0.1) is 0 Å². The highest BCUT2D eigenvalue weighted by Gasteiger charge is 2.29. The molecule has 2 N–H and O–H groups in total. The summed E-state index contributed by atoms with van der Waals surface area (Å²) >= 11 is 0. The first-order valence-electron chi connectivity index (χ1n) is 12.1. The van der Waals surface area contributed by atoms with Crippen LogP contribution in [0.3, 0.4) is 0 Å². The van der Waals surface area contributed by atoms with Crippen LogP contribution < -0.4 is 10.0 Å². The number of piperidine rings is 1. The van der Waals surface area contributed by atoms with Crippen LogP contribution in [0.4, 0.5) is 10.5 Å². The van der Waals surface area contributed by atoms with Crippen LogP contribution in [-0.2, 0) is 10.0 Å². The van der Waals surface area contributed by atoms with Gasteiger partial charge in [0, 0.05) is 49.4 Å². The molecule has 3 amide bonds. The van der Waals surface area contributed by atoms with Crippen LogP contribution in [0.1, 0.15) is 35.7 Å². The fourth-order valence-electron chi connectivity index (χ4n) is 4.45. The van der Waals surface area contributed by atoms with Gasteiger partial charge in [0.15, 0.2) is 0 Å². The van der Waals surface area contributed by atoms with Crippen molar-refractivity contribution in [3.63, 3.8) is 0 Å². The predicted octanol–water partition coefficient (Wildman–Crippen LogP) is 4.21. The molecule has 0 spiro atoms. The molecule has 9 heteroatoms. The summed E-state index contributed by atoms with van der Waals surface area (Å²) in [6.45, 7) is 5.44. The van der Waals surface area contributed by atoms with Crippen LogP contribution in [0.15, 0.2) is 65.6 Å². The van der Waals surface area contributed by atoms with Crippen molar-refractivity contribution in [2.45, 2.75) is 37.6 Å². The number of sulfonamides is 1. The number of likely N-dealkylation sites (tertiary alicyclic amines) is 1. The number of urea groups is 1. The van der Waals surface area contributed by atoms with Crippen LogP contribution in [0.2, 0.25) is 0 Å². The summed E-state index contributed by atoms with van der Waals surface area (Å²) in [5.41, 5.74) is 2.05. The third-order valence-corrected chi connectivity index (χ3v) is 8.28. The minimum atomic E-state index is -3.85. The molecule has 0 aliphatic carbocycles. The highest BCUT2D eigenvalue weighted by atomic mass is 32.2. The summed E-state index contributed by atoms with van der Waals surface area (Å²) in [5.74, 6) is -0.300. The number of hydrogen-bond donors (Lipinski definition) is 2. The summed E-state index contributed by atoms with van der Waals surface area (Å²) in [5, 5.41) is 3.98. The van der Waals surface area contributed by atoms with E-state index in [-0.39, 0.29) is 22.9 Å². The van der Waals surface area contributed by atoms with Crippen LogP contribution in [0.25, 0.3) is 10.8 Å². The standard InChI is InChI=1S/C27H32N4O4S/c1-4-30(3)27(33)31-17-15-20(16-18-31)29-36(34,35)25-14-13-23(21-10-6-7-11-22(21)25)26(32)28-24-12-8-5-9-19(24)2/h5-14,20,29H,4,15-18H2,1-3H3,(H,28,32). The third kappa shape index (κ3) is 5.37. The maximum absolute atomic E-state index is 13.4. The van der Waals surface area contributed by atoms with Gasteiger partial charge < -0.3 is 15.1 Å². The minimum Gasteiger partial charge on any atom is -0.328 e. The average molecular weight is 509 g/mol. The van der Waals surface area contributed by atoms with Crippen molar-refractivity contribution in [1.82, 2.24) is 14.5 Å². The predicted molar refractivity (Wildman–Crippen MR) is 142 cm³/mol. The Hall–Kier alpha value is -3.43. The van der Waals surface area contributed by atoms with Crippen LogP contribution in [0.5, 0.6) is 0 Å². The van der Waals surface area contributed by atoms with Gasteiger partial charge in [-0.25, -0.2) is 17.9 Å². The molecule has 0 saturated carbocycles. The highest BCUT2D eigenvalue weighted by Crippen LogP contribution is 2.28. The molecule has 0 unspecified atom stereocenters. The lowest BCUT2D eigenvalue weighted by Crippen LogP contribution is -2.49. The Morgan fingerprint density at radius 1 is 0.972 bits per heavy atom. The van der Waals surface area contributed by atoms with Crippen molar-refractivity contribution >= 4 is 38.4 Å². The number of carbonyl (C=O) groups is 2. The summed E-state index contributed by atoms with van der Waals surface area (Å²) in [4.78, 5) is 29.0. The molecular weight excluding hydrogens is 476 g/mol. The van der Waals surface area contributed by atoms with Crippen LogP contribution in [0, 0.1) is 6.92 Å². The van der Waals surface area contributed by atoms with Crippen LogP contribution in [-0.4, -0.2) is 62.9 Å². The van der Waals surface area contributed by atoms with Gasteiger partial charge in [-0.3, -0.25) is 4.79 Å². The normalized spacial score (nSPS) is 14.6. The van der Waals surface area contributed by atoms with E-state index in [9.17, 15) is 18.0 Å². The fourth-order valence-corrected chi connectivity index (χ4v) is 5.97. The molecule has 8 nitrogen and oxygen atoms in total. The number of aryl methyl sites for hydroxylation is 1. The Balaban J connectivity index is 1.54. The molecule has 1 heterocycles. The molecular formula is C27H32N4O4S. The van der Waals surface area contributed by atoms with Crippen molar-refractivity contribution in [1.29, 1.82) is 0 Å². The third-order valence-electron chi connectivity index (χ3n) is 6.70. The van der Waals surface area contributed by atoms with Crippen molar-refractivity contribution in [2.75, 3.05) is 32.0 Å². The van der Waals surface area contributed by atoms with Gasteiger partial charge in [-0.05, 0) is 55.8 Å². The number of fused-ring (bicyclic) bond motifs is 1. The lowest BCUT2D eigenvalue weighted by Gasteiger charge is -2.34. The molecule has 3 aromatic rings. The van der Waals surface area contributed by atoms with Gasteiger partial charge in [0.1, 0.15) is 0 Å². The fraction of sp³-hybridized carbons (Fsp3) is 0.333. The molecule has 1 saturated heterocycles. The topological polar surface area (TPSA) is 98.8 Å². The average Bonchev–Trinajstić information content (AvgIpc) is 2.88. The SMILES string of the molecule is CCN(C)C(=O)N1CCC(NS(=O)(=O)c2ccc(C(=O)Nc3ccccc3C)c3ccccc23)CC1. The van der Waals surface area contributed by atoms with E-state index in [1.165, 1.54) is 6.07 Å². The first-order valence-corrected chi connectivity index (χ1v) is 13.6. The lowest BCUT2D eigenvalue weighted by atomic mass is 10.0. The molecule has 0 radical (unpaired) electrons. The molecule has 190 valence electrons. The number of para-hydroxylation sites is 1. The Morgan fingerprint density at radius 2 is 1.61 bits per heavy atom. The van der Waals surface area contributed by atoms with Crippen molar-refractivity contribution in [3.05, 3.63) is 71.8 Å². The van der Waals surface area contributed by atoms with Gasteiger partial charge in [0.25, 0.3) is 5.91 Å². The molecule has 0 bridgehead atoms. The van der Waals surface area contributed by atoms with Gasteiger partial charge in [0.05, 0.1) is 4.90 Å². The Bertz CT molecular complexity index is 1380. The maximum Gasteiger partial charge on any atom is 0.319 e. The number of hydrogen-bond acceptors (Lipinski definition) is 4. The molecule has 1 aliphatic rings. The van der Waals surface area contributed by atoms with Crippen molar-refractivity contribution < 1.29 is 18.0 Å². The smallest absolute Gasteiger partial charge is 0.319 e. The first-order chi connectivity index (χ1) is 17.2. The number of benzene rings is 3. The Kier molecular flexibility index (Phi) is 7.61. The molecule has 0 aromatic heterocycles. The summed E-state index contributed by atoms with van der Waals surface area (Å²) in [7, 11) is -2.09. The van der Waals surface area contributed by atoms with E-state index >= 15 is 0 Å². The molecule has 4 rings (SSSR count). The Morgan fingerprint density at radius 3 is 2.28 bits per heavy atom. The van der Waals surface area contributed by atoms with Crippen molar-refractivity contribution in [3.8, 4) is 0 Å². The first kappa shape index (κ1) is 25.7. The van der Waals surface area contributed by atoms with Gasteiger partial charge in [0.2, 0.25) is 10.0 Å². The quantitative estimate of drug-likeness (QED) is 0.521. The number of rotatable bonds is 6. The monoisotopic (exact) mass is 508 g/mol.